The summed E-state index contributed by atoms with van der Waals surface area (Å²) < 4.78 is 2.37. The van der Waals surface area contributed by atoms with Gasteiger partial charge in [-0.1, -0.05) is 29.8 Å². The van der Waals surface area contributed by atoms with Gasteiger partial charge in [0.2, 0.25) is 5.88 Å². The Kier molecular flexibility index (Phi) is 4.04. The van der Waals surface area contributed by atoms with E-state index in [2.05, 4.69) is 10.2 Å². The van der Waals surface area contributed by atoms with Crippen LogP contribution in [-0.2, 0) is 6.54 Å². The number of thiazole rings is 1. The Morgan fingerprint density at radius 3 is 2.68 bits per heavy atom. The Balaban J connectivity index is 2.01. The molecule has 0 saturated carbocycles. The van der Waals surface area contributed by atoms with Gasteiger partial charge in [-0.25, -0.2) is 0 Å². The summed E-state index contributed by atoms with van der Waals surface area (Å²) in [5.74, 6) is 0.202. The molecule has 0 amide bonds. The zero-order valence-electron chi connectivity index (χ0n) is 12.3. The molecule has 1 aromatic heterocycles. The molecule has 2 aromatic rings. The molecule has 2 heterocycles. The van der Waals surface area contributed by atoms with Crippen molar-refractivity contribution in [2.24, 2.45) is 10.2 Å². The summed E-state index contributed by atoms with van der Waals surface area (Å²) in [4.78, 5) is 0.731. The van der Waals surface area contributed by atoms with E-state index in [0.29, 0.717) is 10.5 Å². The highest BCUT2D eigenvalue weighted by Gasteiger charge is 2.16. The summed E-state index contributed by atoms with van der Waals surface area (Å²) in [7, 11) is 0. The monoisotopic (exact) mass is 329 g/mol. The van der Waals surface area contributed by atoms with Gasteiger partial charge in [0.1, 0.15) is 5.71 Å². The van der Waals surface area contributed by atoms with Gasteiger partial charge in [-0.05, 0) is 32.1 Å². The van der Waals surface area contributed by atoms with E-state index in [9.17, 15) is 5.11 Å². The number of aromatic nitrogens is 1. The molecule has 0 bridgehead atoms. The molecule has 112 valence electrons. The summed E-state index contributed by atoms with van der Waals surface area (Å²) in [6.45, 7) is 4.65. The Bertz CT molecular complexity index is 855. The molecular formula is C16H15N3OS2. The maximum atomic E-state index is 10.2. The van der Waals surface area contributed by atoms with Crippen LogP contribution < -0.4 is 0 Å². The van der Waals surface area contributed by atoms with Crippen LogP contribution in [0.3, 0.4) is 0 Å². The van der Waals surface area contributed by atoms with Crippen LogP contribution in [0.4, 0.5) is 0 Å². The molecule has 0 spiro atoms. The number of hydrogen-bond donors (Lipinski definition) is 1. The third kappa shape index (κ3) is 2.67. The highest BCUT2D eigenvalue weighted by atomic mass is 32.1. The molecule has 0 aliphatic carbocycles. The maximum Gasteiger partial charge on any atom is 0.210 e. The first-order valence-corrected chi connectivity index (χ1v) is 8.15. The summed E-state index contributed by atoms with van der Waals surface area (Å²) in [6, 6.07) is 8.14. The lowest BCUT2D eigenvalue weighted by molar-refractivity contribution is 0.419. The van der Waals surface area contributed by atoms with Crippen molar-refractivity contribution in [3.63, 3.8) is 0 Å². The molecule has 3 rings (SSSR count). The second-order valence-electron chi connectivity index (χ2n) is 4.96. The second kappa shape index (κ2) is 5.98. The number of benzene rings is 1. The number of hydrogen-bond acceptors (Lipinski definition) is 5. The van der Waals surface area contributed by atoms with Gasteiger partial charge in [-0.2, -0.15) is 5.10 Å². The topological polar surface area (TPSA) is 49.9 Å². The number of rotatable bonds is 3. The van der Waals surface area contributed by atoms with Crippen LogP contribution in [0, 0.1) is 10.9 Å². The third-order valence-corrected chi connectivity index (χ3v) is 4.84. The fraction of sp³-hybridized carbons (Fsp3) is 0.188. The Morgan fingerprint density at radius 1 is 1.32 bits per heavy atom. The van der Waals surface area contributed by atoms with E-state index >= 15 is 0 Å². The molecule has 1 N–H and O–H groups in total. The molecule has 0 unspecified atom stereocenters. The summed E-state index contributed by atoms with van der Waals surface area (Å²) in [5.41, 5.74) is 3.89. The molecule has 1 aliphatic heterocycles. The van der Waals surface area contributed by atoms with Gasteiger partial charge in [-0.15, -0.1) is 16.4 Å². The molecule has 0 fully saturated rings. The van der Waals surface area contributed by atoms with Crippen LogP contribution in [0.2, 0.25) is 0 Å². The van der Waals surface area contributed by atoms with Crippen molar-refractivity contribution in [2.75, 3.05) is 0 Å². The van der Waals surface area contributed by atoms with E-state index in [4.69, 9.17) is 12.2 Å². The first-order chi connectivity index (χ1) is 10.6. The van der Waals surface area contributed by atoms with Crippen molar-refractivity contribution >= 4 is 41.6 Å². The summed E-state index contributed by atoms with van der Waals surface area (Å²) in [6.07, 6.45) is 3.59. The lowest BCUT2D eigenvalue weighted by Gasteiger charge is -2.03. The van der Waals surface area contributed by atoms with Crippen LogP contribution in [0.5, 0.6) is 5.88 Å². The van der Waals surface area contributed by atoms with E-state index in [-0.39, 0.29) is 5.88 Å². The largest absolute Gasteiger partial charge is 0.493 e. The van der Waals surface area contributed by atoms with E-state index in [1.807, 2.05) is 44.2 Å². The molecule has 1 aliphatic rings. The molecule has 0 radical (unpaired) electrons. The van der Waals surface area contributed by atoms with Crippen molar-refractivity contribution in [1.29, 1.82) is 0 Å². The van der Waals surface area contributed by atoms with E-state index in [0.717, 1.165) is 21.7 Å². The number of allylic oxidation sites excluding steroid dienone is 1. The van der Waals surface area contributed by atoms with Gasteiger partial charge in [0.15, 0.2) is 3.95 Å². The number of aryl methyl sites for hydroxylation is 1. The minimum atomic E-state index is 0.202. The lowest BCUT2D eigenvalue weighted by Crippen LogP contribution is -2.02. The highest BCUT2D eigenvalue weighted by molar-refractivity contribution is 7.73. The molecule has 6 heteroatoms. The van der Waals surface area contributed by atoms with Crippen molar-refractivity contribution < 1.29 is 5.11 Å². The van der Waals surface area contributed by atoms with Crippen molar-refractivity contribution in [3.8, 4) is 5.88 Å². The minimum Gasteiger partial charge on any atom is -0.493 e. The first kappa shape index (κ1) is 14.9. The van der Waals surface area contributed by atoms with Gasteiger partial charge in [0, 0.05) is 17.7 Å². The standard InChI is InChI=1S/C16H15N3OS2/c1-3-19-15(20)13(22-16(19)21)8-12-9-17-18-14(12)11-6-4-10(2)5-7-11/h4-9,20H,3H2,1-2H3/b12-8+. The van der Waals surface area contributed by atoms with Gasteiger partial charge in [0.05, 0.1) is 11.1 Å². The quantitative estimate of drug-likeness (QED) is 0.859. The third-order valence-electron chi connectivity index (χ3n) is 3.45. The minimum absolute atomic E-state index is 0.202. The molecular weight excluding hydrogens is 314 g/mol. The summed E-state index contributed by atoms with van der Waals surface area (Å²) >= 11 is 6.65. The Hall–Kier alpha value is -2.05. The zero-order chi connectivity index (χ0) is 15.7. The van der Waals surface area contributed by atoms with Crippen LogP contribution in [0.1, 0.15) is 22.9 Å². The van der Waals surface area contributed by atoms with Crippen molar-refractivity contribution in [1.82, 2.24) is 4.57 Å². The first-order valence-electron chi connectivity index (χ1n) is 6.93. The Labute approximate surface area is 137 Å². The average Bonchev–Trinajstić information content (AvgIpc) is 3.06. The van der Waals surface area contributed by atoms with Gasteiger partial charge in [0.25, 0.3) is 0 Å². The lowest BCUT2D eigenvalue weighted by atomic mass is 10.0. The normalized spacial score (nSPS) is 15.5. The van der Waals surface area contributed by atoms with Gasteiger partial charge < -0.3 is 5.11 Å². The molecule has 1 aromatic carbocycles. The molecule has 22 heavy (non-hydrogen) atoms. The van der Waals surface area contributed by atoms with Crippen molar-refractivity contribution in [2.45, 2.75) is 20.4 Å². The van der Waals surface area contributed by atoms with E-state index in [1.54, 1.807) is 10.8 Å². The predicted octanol–water partition coefficient (Wildman–Crippen LogP) is 4.19. The average molecular weight is 329 g/mol. The SMILES string of the molecule is CCn1c(O)c(/C=C2\C=NN=C2c2ccc(C)cc2)sc1=S. The van der Waals surface area contributed by atoms with E-state index in [1.165, 1.54) is 16.9 Å². The highest BCUT2D eigenvalue weighted by Crippen LogP contribution is 2.29. The number of aromatic hydroxyl groups is 1. The smallest absolute Gasteiger partial charge is 0.210 e. The van der Waals surface area contributed by atoms with Crippen LogP contribution in [0.25, 0.3) is 6.08 Å². The van der Waals surface area contributed by atoms with E-state index < -0.39 is 0 Å². The van der Waals surface area contributed by atoms with Crippen LogP contribution >= 0.6 is 23.6 Å². The van der Waals surface area contributed by atoms with Gasteiger partial charge in [-0.3, -0.25) is 4.57 Å². The molecule has 0 atom stereocenters. The summed E-state index contributed by atoms with van der Waals surface area (Å²) in [5, 5.41) is 18.4. The molecule has 4 nitrogen and oxygen atoms in total. The fourth-order valence-electron chi connectivity index (χ4n) is 2.24. The maximum absolute atomic E-state index is 10.2. The number of nitrogens with zero attached hydrogens (tertiary/aromatic N) is 3. The predicted molar refractivity (Wildman–Crippen MR) is 94.7 cm³/mol. The fourth-order valence-corrected chi connectivity index (χ4v) is 3.62. The molecule has 0 saturated heterocycles. The van der Waals surface area contributed by atoms with Crippen molar-refractivity contribution in [3.05, 3.63) is 49.8 Å². The Morgan fingerprint density at radius 2 is 2.05 bits per heavy atom. The van der Waals surface area contributed by atoms with Crippen LogP contribution in [-0.4, -0.2) is 21.6 Å². The van der Waals surface area contributed by atoms with Crippen LogP contribution in [0.15, 0.2) is 40.0 Å². The second-order valence-corrected chi connectivity index (χ2v) is 6.63. The zero-order valence-corrected chi connectivity index (χ0v) is 13.9. The van der Waals surface area contributed by atoms with Gasteiger partial charge >= 0.3 is 0 Å².